The molecule has 0 aliphatic carbocycles. The van der Waals surface area contributed by atoms with E-state index >= 15 is 0 Å². The van der Waals surface area contributed by atoms with Crippen LogP contribution in [0.3, 0.4) is 0 Å². The quantitative estimate of drug-likeness (QED) is 0.260. The van der Waals surface area contributed by atoms with Gasteiger partial charge in [0.1, 0.15) is 0 Å². The zero-order valence-electron chi connectivity index (χ0n) is 15.2. The van der Waals surface area contributed by atoms with Crippen LogP contribution in [0.15, 0.2) is 59.5 Å². The molecule has 2 amide bonds. The number of carbonyl (C=O) groups is 3. The van der Waals surface area contributed by atoms with Crippen molar-refractivity contribution in [2.75, 3.05) is 16.4 Å². The molecule has 2 aromatic carbocycles. The van der Waals surface area contributed by atoms with Crippen LogP contribution in [0.2, 0.25) is 0 Å². The second-order valence-electron chi connectivity index (χ2n) is 5.78. The Balaban J connectivity index is 1.93. The number of carboxylic acid groups (broad SMARTS) is 1. The minimum Gasteiger partial charge on any atom is -0.478 e. The maximum absolute atomic E-state index is 12.2. The highest BCUT2D eigenvalue weighted by atomic mass is 32.2. The molecule has 150 valence electrons. The molecule has 0 aliphatic rings. The first kappa shape index (κ1) is 21.6. The molecule has 0 aliphatic heterocycles. The van der Waals surface area contributed by atoms with Gasteiger partial charge < -0.3 is 15.7 Å². The molecule has 0 bridgehead atoms. The van der Waals surface area contributed by atoms with Crippen LogP contribution in [0.4, 0.5) is 17.1 Å². The Morgan fingerprint density at radius 2 is 1.90 bits per heavy atom. The summed E-state index contributed by atoms with van der Waals surface area (Å²) in [5.74, 6) is -2.00. The largest absolute Gasteiger partial charge is 0.478 e. The molecule has 0 fully saturated rings. The Bertz CT molecular complexity index is 990. The first-order valence-corrected chi connectivity index (χ1v) is 9.23. The number of nitro groups is 1. The van der Waals surface area contributed by atoms with Gasteiger partial charge in [0.15, 0.2) is 0 Å². The molecule has 9 nitrogen and oxygen atoms in total. The average molecular weight is 415 g/mol. The van der Waals surface area contributed by atoms with Gasteiger partial charge >= 0.3 is 5.97 Å². The number of nitro benzene ring substituents is 1. The van der Waals surface area contributed by atoms with Crippen molar-refractivity contribution in [3.05, 3.63) is 70.3 Å². The van der Waals surface area contributed by atoms with E-state index in [1.54, 1.807) is 31.2 Å². The van der Waals surface area contributed by atoms with Crippen LogP contribution >= 0.6 is 11.8 Å². The first-order valence-electron chi connectivity index (χ1n) is 8.24. The fraction of sp³-hybridized carbons (Fsp3) is 0.105. The summed E-state index contributed by atoms with van der Waals surface area (Å²) in [7, 11) is 0. The summed E-state index contributed by atoms with van der Waals surface area (Å²) >= 11 is 1.24. The third-order valence-corrected chi connectivity index (χ3v) is 4.54. The molecule has 0 spiro atoms. The number of hydrogen-bond donors (Lipinski definition) is 3. The van der Waals surface area contributed by atoms with Crippen molar-refractivity contribution < 1.29 is 24.4 Å². The Morgan fingerprint density at radius 1 is 1.14 bits per heavy atom. The maximum Gasteiger partial charge on any atom is 0.328 e. The molecule has 2 rings (SSSR count). The Kier molecular flexibility index (Phi) is 7.49. The van der Waals surface area contributed by atoms with E-state index in [0.717, 1.165) is 17.0 Å². The van der Waals surface area contributed by atoms with E-state index < -0.39 is 16.8 Å². The lowest BCUT2D eigenvalue weighted by Crippen LogP contribution is -2.15. The van der Waals surface area contributed by atoms with E-state index in [0.29, 0.717) is 16.9 Å². The summed E-state index contributed by atoms with van der Waals surface area (Å²) in [6, 6.07) is 10.9. The SMILES string of the molecule is Cc1cc([N+](=O)[O-])ccc1NC(=O)CSc1cccc(NC(=O)/C=C/C(=O)O)c1. The van der Waals surface area contributed by atoms with Gasteiger partial charge in [-0.25, -0.2) is 4.79 Å². The summed E-state index contributed by atoms with van der Waals surface area (Å²) in [6.07, 6.45) is 1.64. The average Bonchev–Trinajstić information content (AvgIpc) is 2.66. The number of rotatable bonds is 8. The highest BCUT2D eigenvalue weighted by Crippen LogP contribution is 2.24. The lowest BCUT2D eigenvalue weighted by atomic mass is 10.2. The van der Waals surface area contributed by atoms with Gasteiger partial charge in [0.25, 0.3) is 5.69 Å². The normalized spacial score (nSPS) is 10.5. The van der Waals surface area contributed by atoms with Crippen molar-refractivity contribution in [1.29, 1.82) is 0 Å². The summed E-state index contributed by atoms with van der Waals surface area (Å²) < 4.78 is 0. The van der Waals surface area contributed by atoms with Crippen LogP contribution in [0, 0.1) is 17.0 Å². The number of nitrogens with zero attached hydrogens (tertiary/aromatic N) is 1. The van der Waals surface area contributed by atoms with E-state index in [4.69, 9.17) is 5.11 Å². The number of non-ortho nitro benzene ring substituents is 1. The summed E-state index contributed by atoms with van der Waals surface area (Å²) in [5, 5.41) is 24.5. The molecule has 10 heteroatoms. The molecule has 0 heterocycles. The number of amides is 2. The number of hydrogen-bond acceptors (Lipinski definition) is 6. The van der Waals surface area contributed by atoms with E-state index in [2.05, 4.69) is 10.6 Å². The molecular formula is C19H17N3O6S. The zero-order chi connectivity index (χ0) is 21.4. The van der Waals surface area contributed by atoms with Gasteiger partial charge in [0.2, 0.25) is 11.8 Å². The van der Waals surface area contributed by atoms with E-state index in [1.807, 2.05) is 0 Å². The van der Waals surface area contributed by atoms with Crippen molar-refractivity contribution in [3.63, 3.8) is 0 Å². The van der Waals surface area contributed by atoms with Crippen LogP contribution in [0.1, 0.15) is 5.56 Å². The van der Waals surface area contributed by atoms with Crippen molar-refractivity contribution in [3.8, 4) is 0 Å². The number of thioether (sulfide) groups is 1. The highest BCUT2D eigenvalue weighted by Gasteiger charge is 2.11. The molecule has 29 heavy (non-hydrogen) atoms. The van der Waals surface area contributed by atoms with Crippen molar-refractivity contribution in [2.24, 2.45) is 0 Å². The molecule has 3 N–H and O–H groups in total. The van der Waals surface area contributed by atoms with E-state index in [9.17, 15) is 24.5 Å². The highest BCUT2D eigenvalue weighted by molar-refractivity contribution is 8.00. The third kappa shape index (κ3) is 7.11. The van der Waals surface area contributed by atoms with Crippen LogP contribution < -0.4 is 10.6 Å². The summed E-state index contributed by atoms with van der Waals surface area (Å²) in [6.45, 7) is 1.67. The van der Waals surface area contributed by atoms with Gasteiger partial charge in [-0.3, -0.25) is 19.7 Å². The smallest absolute Gasteiger partial charge is 0.328 e. The standard InChI is InChI=1S/C19H17N3O6S/c1-12-9-14(22(27)28)5-6-16(12)21-18(24)11-29-15-4-2-3-13(10-15)20-17(23)7-8-19(25)26/h2-10H,11H2,1H3,(H,20,23)(H,21,24)(H,25,26)/b8-7+. The van der Waals surface area contributed by atoms with Crippen LogP contribution in [0.5, 0.6) is 0 Å². The zero-order valence-corrected chi connectivity index (χ0v) is 16.1. The van der Waals surface area contributed by atoms with Gasteiger partial charge in [0.05, 0.1) is 10.7 Å². The van der Waals surface area contributed by atoms with E-state index in [1.165, 1.54) is 30.0 Å². The van der Waals surface area contributed by atoms with Crippen molar-refractivity contribution >= 4 is 46.6 Å². The second kappa shape index (κ2) is 10.0. The lowest BCUT2D eigenvalue weighted by Gasteiger charge is -2.09. The third-order valence-electron chi connectivity index (χ3n) is 3.54. The predicted octanol–water partition coefficient (Wildman–Crippen LogP) is 3.21. The molecule has 0 aromatic heterocycles. The van der Waals surface area contributed by atoms with Gasteiger partial charge in [-0.05, 0) is 36.8 Å². The Labute approximate surface area is 170 Å². The summed E-state index contributed by atoms with van der Waals surface area (Å²) in [4.78, 5) is 45.2. The van der Waals surface area contributed by atoms with Gasteiger partial charge in [0, 0.05) is 40.6 Å². The molecular weight excluding hydrogens is 398 g/mol. The Hall–Kier alpha value is -3.66. The molecule has 0 radical (unpaired) electrons. The molecule has 2 aromatic rings. The molecule has 0 saturated heterocycles. The van der Waals surface area contributed by atoms with Crippen LogP contribution in [-0.4, -0.2) is 33.6 Å². The maximum atomic E-state index is 12.2. The number of carbonyl (C=O) groups excluding carboxylic acids is 2. The number of benzene rings is 2. The lowest BCUT2D eigenvalue weighted by molar-refractivity contribution is -0.384. The predicted molar refractivity (Wildman–Crippen MR) is 109 cm³/mol. The molecule has 0 unspecified atom stereocenters. The number of aryl methyl sites for hydroxylation is 1. The fourth-order valence-corrected chi connectivity index (χ4v) is 2.99. The first-order chi connectivity index (χ1) is 13.7. The van der Waals surface area contributed by atoms with Crippen molar-refractivity contribution in [1.82, 2.24) is 0 Å². The second-order valence-corrected chi connectivity index (χ2v) is 6.83. The van der Waals surface area contributed by atoms with Crippen LogP contribution in [-0.2, 0) is 14.4 Å². The molecule has 0 saturated carbocycles. The number of carboxylic acids is 1. The topological polar surface area (TPSA) is 139 Å². The monoisotopic (exact) mass is 415 g/mol. The Morgan fingerprint density at radius 3 is 2.55 bits per heavy atom. The number of aliphatic carboxylic acids is 1. The number of nitrogens with one attached hydrogen (secondary N) is 2. The van der Waals surface area contributed by atoms with Gasteiger partial charge in [-0.15, -0.1) is 11.8 Å². The minimum absolute atomic E-state index is 0.0491. The van der Waals surface area contributed by atoms with E-state index in [-0.39, 0.29) is 17.3 Å². The van der Waals surface area contributed by atoms with Gasteiger partial charge in [-0.1, -0.05) is 6.07 Å². The summed E-state index contributed by atoms with van der Waals surface area (Å²) in [5.41, 5.74) is 1.48. The number of anilines is 2. The fourth-order valence-electron chi connectivity index (χ4n) is 2.23. The van der Waals surface area contributed by atoms with Crippen LogP contribution in [0.25, 0.3) is 0 Å². The van der Waals surface area contributed by atoms with Gasteiger partial charge in [-0.2, -0.15) is 0 Å². The minimum atomic E-state index is -1.22. The van der Waals surface area contributed by atoms with Crippen molar-refractivity contribution in [2.45, 2.75) is 11.8 Å². The molecule has 0 atom stereocenters.